The van der Waals surface area contributed by atoms with Crippen LogP contribution in [0, 0.1) is 0 Å². The molecular weight excluding hydrogens is 248 g/mol. The highest BCUT2D eigenvalue weighted by Gasteiger charge is 2.09. The Kier molecular flexibility index (Phi) is 4.70. The lowest BCUT2D eigenvalue weighted by molar-refractivity contribution is 0.0456. The van der Waals surface area contributed by atoms with E-state index in [0.29, 0.717) is 13.2 Å². The fourth-order valence-electron chi connectivity index (χ4n) is 1.66. The summed E-state index contributed by atoms with van der Waals surface area (Å²) in [6.07, 6.45) is 3.37. The molecule has 0 fully saturated rings. The average molecular weight is 263 g/mol. The van der Waals surface area contributed by atoms with Crippen molar-refractivity contribution in [2.45, 2.75) is 12.7 Å². The van der Waals surface area contributed by atoms with Gasteiger partial charge in [-0.15, -0.1) is 0 Å². The number of nitrogens with two attached hydrogens (primary N) is 1. The van der Waals surface area contributed by atoms with Crippen molar-refractivity contribution < 1.29 is 4.74 Å². The van der Waals surface area contributed by atoms with Crippen molar-refractivity contribution in [2.75, 3.05) is 6.54 Å². The molecule has 1 unspecified atom stereocenters. The molecule has 0 aliphatic carbocycles. The molecule has 1 heterocycles. The number of nitrogens with zero attached hydrogens (tertiary/aromatic N) is 1. The number of aromatic nitrogens is 1. The largest absolute Gasteiger partial charge is 0.368 e. The Morgan fingerprint density at radius 2 is 1.78 bits per heavy atom. The number of rotatable bonds is 5. The van der Waals surface area contributed by atoms with Crippen LogP contribution in [0.4, 0.5) is 0 Å². The first-order valence-electron chi connectivity index (χ1n) is 5.75. The fraction of sp³-hybridized carbons (Fsp3) is 0.214. The summed E-state index contributed by atoms with van der Waals surface area (Å²) in [4.78, 5) is 3.98. The van der Waals surface area contributed by atoms with Crippen LogP contribution in [0.1, 0.15) is 17.2 Å². The molecule has 0 aliphatic rings. The third-order valence-electron chi connectivity index (χ3n) is 2.66. The normalized spacial score (nSPS) is 12.3. The lowest BCUT2D eigenvalue weighted by Gasteiger charge is -2.16. The van der Waals surface area contributed by atoms with Gasteiger partial charge in [0.1, 0.15) is 0 Å². The first kappa shape index (κ1) is 13.0. The average Bonchev–Trinajstić information content (AvgIpc) is 2.43. The van der Waals surface area contributed by atoms with E-state index in [1.165, 1.54) is 0 Å². The molecule has 3 nitrogen and oxygen atoms in total. The molecule has 0 aliphatic heterocycles. The minimum Gasteiger partial charge on any atom is -0.368 e. The van der Waals surface area contributed by atoms with E-state index >= 15 is 0 Å². The van der Waals surface area contributed by atoms with Gasteiger partial charge in [0.15, 0.2) is 0 Å². The lowest BCUT2D eigenvalue weighted by Crippen LogP contribution is -2.15. The fourth-order valence-corrected chi connectivity index (χ4v) is 1.78. The van der Waals surface area contributed by atoms with E-state index in [9.17, 15) is 0 Å². The molecule has 0 spiro atoms. The van der Waals surface area contributed by atoms with Crippen LogP contribution < -0.4 is 5.73 Å². The van der Waals surface area contributed by atoms with Crippen molar-refractivity contribution >= 4 is 11.6 Å². The van der Waals surface area contributed by atoms with Gasteiger partial charge in [0.2, 0.25) is 0 Å². The summed E-state index contributed by atoms with van der Waals surface area (Å²) >= 11 is 5.83. The van der Waals surface area contributed by atoms with Gasteiger partial charge in [0.25, 0.3) is 0 Å². The Labute approximate surface area is 112 Å². The smallest absolute Gasteiger partial charge is 0.0952 e. The molecule has 0 radical (unpaired) electrons. The summed E-state index contributed by atoms with van der Waals surface area (Å²) in [7, 11) is 0. The molecule has 2 aromatic rings. The van der Waals surface area contributed by atoms with Crippen LogP contribution in [0.3, 0.4) is 0 Å². The van der Waals surface area contributed by atoms with Crippen molar-refractivity contribution in [3.05, 3.63) is 64.9 Å². The molecule has 18 heavy (non-hydrogen) atoms. The molecule has 2 N–H and O–H groups in total. The summed E-state index contributed by atoms with van der Waals surface area (Å²) in [5.74, 6) is 0. The van der Waals surface area contributed by atoms with Crippen LogP contribution in [-0.4, -0.2) is 11.5 Å². The van der Waals surface area contributed by atoms with Gasteiger partial charge >= 0.3 is 0 Å². The maximum atomic E-state index is 5.83. The maximum absolute atomic E-state index is 5.83. The predicted octanol–water partition coefficient (Wildman–Crippen LogP) is 2.95. The molecule has 0 saturated heterocycles. The highest BCUT2D eigenvalue weighted by Crippen LogP contribution is 2.18. The van der Waals surface area contributed by atoms with Gasteiger partial charge in [-0.05, 0) is 35.4 Å². The van der Waals surface area contributed by atoms with Gasteiger partial charge in [-0.2, -0.15) is 0 Å². The number of halogens is 1. The maximum Gasteiger partial charge on any atom is 0.0952 e. The number of pyridine rings is 1. The topological polar surface area (TPSA) is 48.1 Å². The van der Waals surface area contributed by atoms with Gasteiger partial charge in [-0.25, -0.2) is 0 Å². The molecule has 4 heteroatoms. The van der Waals surface area contributed by atoms with Gasteiger partial charge < -0.3 is 10.5 Å². The SMILES string of the molecule is NCC(OCc1ccc(Cl)cc1)c1ccncc1. The van der Waals surface area contributed by atoms with Crippen molar-refractivity contribution in [1.29, 1.82) is 0 Å². The molecule has 2 rings (SSSR count). The van der Waals surface area contributed by atoms with Gasteiger partial charge in [-0.1, -0.05) is 23.7 Å². The Morgan fingerprint density at radius 1 is 1.11 bits per heavy atom. The molecule has 94 valence electrons. The van der Waals surface area contributed by atoms with Crippen LogP contribution in [0.2, 0.25) is 5.02 Å². The summed E-state index contributed by atoms with van der Waals surface area (Å²) in [5, 5.41) is 0.725. The summed E-state index contributed by atoms with van der Waals surface area (Å²) in [5.41, 5.74) is 7.85. The number of hydrogen-bond donors (Lipinski definition) is 1. The zero-order chi connectivity index (χ0) is 12.8. The van der Waals surface area contributed by atoms with E-state index in [1.54, 1.807) is 12.4 Å². The third-order valence-corrected chi connectivity index (χ3v) is 2.91. The van der Waals surface area contributed by atoms with E-state index in [1.807, 2.05) is 36.4 Å². The van der Waals surface area contributed by atoms with Crippen LogP contribution in [0.25, 0.3) is 0 Å². The highest BCUT2D eigenvalue weighted by atomic mass is 35.5. The Hall–Kier alpha value is -1.42. The summed E-state index contributed by atoms with van der Waals surface area (Å²) in [6, 6.07) is 11.4. The molecular formula is C14H15ClN2O. The van der Waals surface area contributed by atoms with Crippen molar-refractivity contribution in [1.82, 2.24) is 4.98 Å². The zero-order valence-electron chi connectivity index (χ0n) is 9.92. The van der Waals surface area contributed by atoms with E-state index in [-0.39, 0.29) is 6.10 Å². The Morgan fingerprint density at radius 3 is 2.39 bits per heavy atom. The lowest BCUT2D eigenvalue weighted by atomic mass is 10.1. The van der Waals surface area contributed by atoms with Crippen molar-refractivity contribution in [2.24, 2.45) is 5.73 Å². The second-order valence-electron chi connectivity index (χ2n) is 3.94. The minimum absolute atomic E-state index is 0.108. The van der Waals surface area contributed by atoms with Crippen molar-refractivity contribution in [3.63, 3.8) is 0 Å². The first-order chi connectivity index (χ1) is 8.79. The molecule has 1 aromatic heterocycles. The monoisotopic (exact) mass is 262 g/mol. The Bertz CT molecular complexity index is 473. The van der Waals surface area contributed by atoms with Gasteiger partial charge in [0.05, 0.1) is 12.7 Å². The molecule has 1 aromatic carbocycles. The second kappa shape index (κ2) is 6.50. The van der Waals surface area contributed by atoms with Gasteiger partial charge in [0, 0.05) is 24.0 Å². The molecule has 0 bridgehead atoms. The molecule has 0 saturated carbocycles. The predicted molar refractivity (Wildman–Crippen MR) is 72.3 cm³/mol. The van der Waals surface area contributed by atoms with E-state index in [0.717, 1.165) is 16.1 Å². The highest BCUT2D eigenvalue weighted by molar-refractivity contribution is 6.30. The first-order valence-corrected chi connectivity index (χ1v) is 6.13. The van der Waals surface area contributed by atoms with Gasteiger partial charge in [-0.3, -0.25) is 4.98 Å². The quantitative estimate of drug-likeness (QED) is 0.901. The summed E-state index contributed by atoms with van der Waals surface area (Å²) in [6.45, 7) is 0.957. The Balaban J connectivity index is 1.97. The number of ether oxygens (including phenoxy) is 1. The van der Waals surface area contributed by atoms with Crippen LogP contribution in [-0.2, 0) is 11.3 Å². The number of hydrogen-bond acceptors (Lipinski definition) is 3. The molecule has 0 amide bonds. The zero-order valence-corrected chi connectivity index (χ0v) is 10.7. The van der Waals surface area contributed by atoms with E-state index in [4.69, 9.17) is 22.1 Å². The van der Waals surface area contributed by atoms with E-state index in [2.05, 4.69) is 4.98 Å². The second-order valence-corrected chi connectivity index (χ2v) is 4.38. The van der Waals surface area contributed by atoms with Crippen LogP contribution in [0.5, 0.6) is 0 Å². The van der Waals surface area contributed by atoms with Crippen molar-refractivity contribution in [3.8, 4) is 0 Å². The summed E-state index contributed by atoms with van der Waals surface area (Å²) < 4.78 is 5.81. The van der Waals surface area contributed by atoms with Crippen LogP contribution >= 0.6 is 11.6 Å². The minimum atomic E-state index is -0.108. The van der Waals surface area contributed by atoms with Crippen LogP contribution in [0.15, 0.2) is 48.8 Å². The number of benzene rings is 1. The standard InChI is InChI=1S/C14H15ClN2O/c15-13-3-1-11(2-4-13)10-18-14(9-16)12-5-7-17-8-6-12/h1-8,14H,9-10,16H2. The van der Waals surface area contributed by atoms with E-state index < -0.39 is 0 Å². The third kappa shape index (κ3) is 3.53. The molecule has 1 atom stereocenters.